The van der Waals surface area contributed by atoms with Gasteiger partial charge in [0.15, 0.2) is 0 Å². The van der Waals surface area contributed by atoms with Gasteiger partial charge in [0, 0.05) is 31.5 Å². The molecule has 1 atom stereocenters. The van der Waals surface area contributed by atoms with Crippen LogP contribution in [0.3, 0.4) is 0 Å². The van der Waals surface area contributed by atoms with Gasteiger partial charge in [-0.05, 0) is 19.9 Å². The van der Waals surface area contributed by atoms with Gasteiger partial charge in [0.25, 0.3) is 0 Å². The van der Waals surface area contributed by atoms with E-state index in [4.69, 9.17) is 4.74 Å². The normalized spacial score (nSPS) is 20.2. The standard InChI is InChI=1S/C14H19N5O/c1-10-13(17-9-16-10)7-19-5-6-20-14(8-19)12-3-4-15-11(2)18-12/h3-4,9,14H,5-8H2,1-2H3,(H,16,17)/t14-/m0/s1. The first-order valence-electron chi connectivity index (χ1n) is 6.85. The Morgan fingerprint density at radius 3 is 3.05 bits per heavy atom. The maximum absolute atomic E-state index is 5.84. The fourth-order valence-electron chi connectivity index (χ4n) is 2.44. The Bertz CT molecular complexity index is 582. The summed E-state index contributed by atoms with van der Waals surface area (Å²) in [5, 5.41) is 0. The zero-order chi connectivity index (χ0) is 13.9. The fraction of sp³-hybridized carbons (Fsp3) is 0.500. The van der Waals surface area contributed by atoms with Crippen LogP contribution < -0.4 is 0 Å². The van der Waals surface area contributed by atoms with Gasteiger partial charge >= 0.3 is 0 Å². The van der Waals surface area contributed by atoms with Crippen molar-refractivity contribution in [1.82, 2.24) is 24.8 Å². The predicted molar refractivity (Wildman–Crippen MR) is 74.1 cm³/mol. The maximum Gasteiger partial charge on any atom is 0.125 e. The monoisotopic (exact) mass is 273 g/mol. The maximum atomic E-state index is 5.84. The molecule has 0 aliphatic carbocycles. The molecule has 0 saturated carbocycles. The van der Waals surface area contributed by atoms with Crippen molar-refractivity contribution in [3.8, 4) is 0 Å². The van der Waals surface area contributed by atoms with Gasteiger partial charge in [-0.15, -0.1) is 0 Å². The number of ether oxygens (including phenoxy) is 1. The molecule has 1 N–H and O–H groups in total. The summed E-state index contributed by atoms with van der Waals surface area (Å²) in [5.41, 5.74) is 3.19. The van der Waals surface area contributed by atoms with Crippen molar-refractivity contribution in [2.75, 3.05) is 19.7 Å². The van der Waals surface area contributed by atoms with E-state index in [1.165, 1.54) is 0 Å². The van der Waals surface area contributed by atoms with Gasteiger partial charge in [-0.25, -0.2) is 15.0 Å². The minimum Gasteiger partial charge on any atom is -0.369 e. The van der Waals surface area contributed by atoms with Crippen LogP contribution in [0.4, 0.5) is 0 Å². The third kappa shape index (κ3) is 2.86. The lowest BCUT2D eigenvalue weighted by molar-refractivity contribution is -0.0355. The van der Waals surface area contributed by atoms with E-state index in [1.807, 2.05) is 19.9 Å². The van der Waals surface area contributed by atoms with E-state index in [0.717, 1.165) is 49.1 Å². The van der Waals surface area contributed by atoms with Gasteiger partial charge in [-0.1, -0.05) is 0 Å². The van der Waals surface area contributed by atoms with Crippen molar-refractivity contribution in [1.29, 1.82) is 0 Å². The van der Waals surface area contributed by atoms with Crippen molar-refractivity contribution >= 4 is 0 Å². The zero-order valence-electron chi connectivity index (χ0n) is 11.8. The number of H-pyrrole nitrogens is 1. The molecule has 1 saturated heterocycles. The molecular formula is C14H19N5O. The summed E-state index contributed by atoms with van der Waals surface area (Å²) in [7, 11) is 0. The molecule has 2 aromatic heterocycles. The van der Waals surface area contributed by atoms with Crippen molar-refractivity contribution in [3.63, 3.8) is 0 Å². The SMILES string of the molecule is Cc1nccc([C@@H]2CN(Cc3nc[nH]c3C)CCO2)n1. The molecule has 0 bridgehead atoms. The number of nitrogens with one attached hydrogen (secondary N) is 1. The van der Waals surface area contributed by atoms with E-state index < -0.39 is 0 Å². The summed E-state index contributed by atoms with van der Waals surface area (Å²) in [4.78, 5) is 18.4. The number of aromatic nitrogens is 4. The molecule has 3 heterocycles. The van der Waals surface area contributed by atoms with Crippen LogP contribution in [0.1, 0.15) is 29.0 Å². The summed E-state index contributed by atoms with van der Waals surface area (Å²) in [6, 6.07) is 1.93. The first kappa shape index (κ1) is 13.2. The lowest BCUT2D eigenvalue weighted by Gasteiger charge is -2.32. The first-order valence-corrected chi connectivity index (χ1v) is 6.85. The number of rotatable bonds is 3. The molecule has 0 amide bonds. The largest absolute Gasteiger partial charge is 0.369 e. The van der Waals surface area contributed by atoms with Crippen molar-refractivity contribution in [2.24, 2.45) is 0 Å². The topological polar surface area (TPSA) is 66.9 Å². The van der Waals surface area contributed by atoms with Crippen LogP contribution in [-0.4, -0.2) is 44.5 Å². The molecular weight excluding hydrogens is 254 g/mol. The summed E-state index contributed by atoms with van der Waals surface area (Å²) in [5.74, 6) is 0.784. The van der Waals surface area contributed by atoms with Crippen LogP contribution >= 0.6 is 0 Å². The lowest BCUT2D eigenvalue weighted by atomic mass is 10.2. The van der Waals surface area contributed by atoms with Crippen molar-refractivity contribution < 1.29 is 4.74 Å². The molecule has 20 heavy (non-hydrogen) atoms. The second kappa shape index (κ2) is 5.68. The minimum absolute atomic E-state index is 0.0182. The average molecular weight is 273 g/mol. The van der Waals surface area contributed by atoms with Gasteiger partial charge in [-0.3, -0.25) is 4.90 Å². The molecule has 1 aliphatic heterocycles. The molecule has 0 aromatic carbocycles. The molecule has 3 rings (SSSR count). The van der Waals surface area contributed by atoms with Gasteiger partial charge in [0.1, 0.15) is 11.9 Å². The third-order valence-corrected chi connectivity index (χ3v) is 3.59. The van der Waals surface area contributed by atoms with Crippen LogP contribution in [-0.2, 0) is 11.3 Å². The van der Waals surface area contributed by atoms with Gasteiger partial charge in [0.05, 0.1) is 24.3 Å². The van der Waals surface area contributed by atoms with Crippen LogP contribution in [0, 0.1) is 13.8 Å². The number of imidazole rings is 1. The van der Waals surface area contributed by atoms with Gasteiger partial charge in [0.2, 0.25) is 0 Å². The number of hydrogen-bond donors (Lipinski definition) is 1. The Kier molecular flexibility index (Phi) is 3.75. The molecule has 0 spiro atoms. The Labute approximate surface area is 118 Å². The molecule has 6 heteroatoms. The van der Waals surface area contributed by atoms with E-state index in [1.54, 1.807) is 12.5 Å². The second-order valence-electron chi connectivity index (χ2n) is 5.10. The predicted octanol–water partition coefficient (Wildman–Crippen LogP) is 1.39. The Hall–Kier alpha value is -1.79. The third-order valence-electron chi connectivity index (χ3n) is 3.59. The van der Waals surface area contributed by atoms with E-state index in [-0.39, 0.29) is 6.10 Å². The molecule has 0 unspecified atom stereocenters. The summed E-state index contributed by atoms with van der Waals surface area (Å²) < 4.78 is 5.84. The minimum atomic E-state index is 0.0182. The van der Waals surface area contributed by atoms with Crippen molar-refractivity contribution in [2.45, 2.75) is 26.5 Å². The highest BCUT2D eigenvalue weighted by atomic mass is 16.5. The second-order valence-corrected chi connectivity index (χ2v) is 5.10. The number of aromatic amines is 1. The smallest absolute Gasteiger partial charge is 0.125 e. The summed E-state index contributed by atoms with van der Waals surface area (Å²) in [6.07, 6.45) is 3.55. The van der Waals surface area contributed by atoms with E-state index >= 15 is 0 Å². The molecule has 1 fully saturated rings. The number of morpholine rings is 1. The van der Waals surface area contributed by atoms with Crippen LogP contribution in [0.15, 0.2) is 18.6 Å². The van der Waals surface area contributed by atoms with E-state index in [0.29, 0.717) is 0 Å². The Balaban J connectivity index is 1.69. The van der Waals surface area contributed by atoms with Crippen molar-refractivity contribution in [3.05, 3.63) is 41.5 Å². The number of hydrogen-bond acceptors (Lipinski definition) is 5. The van der Waals surface area contributed by atoms with E-state index in [9.17, 15) is 0 Å². The summed E-state index contributed by atoms with van der Waals surface area (Å²) in [6.45, 7) is 7.28. The zero-order valence-corrected chi connectivity index (χ0v) is 11.8. The van der Waals surface area contributed by atoms with Gasteiger partial charge in [-0.2, -0.15) is 0 Å². The fourth-order valence-corrected chi connectivity index (χ4v) is 2.44. The Morgan fingerprint density at radius 1 is 1.40 bits per heavy atom. The average Bonchev–Trinajstić information content (AvgIpc) is 2.85. The number of aryl methyl sites for hydroxylation is 2. The van der Waals surface area contributed by atoms with E-state index in [2.05, 4.69) is 24.8 Å². The first-order chi connectivity index (χ1) is 9.72. The highest BCUT2D eigenvalue weighted by Crippen LogP contribution is 2.21. The quantitative estimate of drug-likeness (QED) is 0.915. The molecule has 6 nitrogen and oxygen atoms in total. The molecule has 0 radical (unpaired) electrons. The highest BCUT2D eigenvalue weighted by Gasteiger charge is 2.24. The van der Waals surface area contributed by atoms with Crippen LogP contribution in [0.2, 0.25) is 0 Å². The van der Waals surface area contributed by atoms with Crippen LogP contribution in [0.5, 0.6) is 0 Å². The highest BCUT2D eigenvalue weighted by molar-refractivity contribution is 5.10. The van der Waals surface area contributed by atoms with Gasteiger partial charge < -0.3 is 9.72 Å². The summed E-state index contributed by atoms with van der Waals surface area (Å²) >= 11 is 0. The molecule has 2 aromatic rings. The van der Waals surface area contributed by atoms with Crippen LogP contribution in [0.25, 0.3) is 0 Å². The molecule has 106 valence electrons. The lowest BCUT2D eigenvalue weighted by Crippen LogP contribution is -2.38. The number of nitrogens with zero attached hydrogens (tertiary/aromatic N) is 4. The molecule has 1 aliphatic rings. The Morgan fingerprint density at radius 2 is 2.30 bits per heavy atom.